The maximum absolute atomic E-state index is 14.6. The lowest BCUT2D eigenvalue weighted by atomic mass is 10.1. The van der Waals surface area contributed by atoms with Gasteiger partial charge in [-0.1, -0.05) is 0 Å². The Hall–Kier alpha value is -3.33. The van der Waals surface area contributed by atoms with Gasteiger partial charge in [0.05, 0.1) is 24.0 Å². The van der Waals surface area contributed by atoms with Crippen molar-refractivity contribution in [3.05, 3.63) is 47.2 Å². The fourth-order valence-electron chi connectivity index (χ4n) is 3.20. The van der Waals surface area contributed by atoms with Crippen molar-refractivity contribution in [1.82, 2.24) is 19.5 Å². The molecule has 0 aliphatic carbocycles. The van der Waals surface area contributed by atoms with Crippen molar-refractivity contribution in [3.63, 3.8) is 0 Å². The number of ether oxygens (including phenoxy) is 1. The summed E-state index contributed by atoms with van der Waals surface area (Å²) in [4.78, 5) is 23.7. The first-order chi connectivity index (χ1) is 13.3. The zero-order valence-electron chi connectivity index (χ0n) is 15.4. The molecule has 9 heteroatoms. The van der Waals surface area contributed by atoms with Crippen LogP contribution in [0.5, 0.6) is 0 Å². The summed E-state index contributed by atoms with van der Waals surface area (Å²) in [5, 5.41) is 0.827. The lowest BCUT2D eigenvalue weighted by Crippen LogP contribution is -2.07. The van der Waals surface area contributed by atoms with E-state index in [1.807, 2.05) is 25.1 Å². The number of methoxy groups -OCH3 is 1. The van der Waals surface area contributed by atoms with E-state index in [0.29, 0.717) is 17.2 Å². The van der Waals surface area contributed by atoms with E-state index in [1.54, 1.807) is 7.05 Å². The molecule has 144 valence electrons. The van der Waals surface area contributed by atoms with Crippen LogP contribution in [0.3, 0.4) is 0 Å². The second-order valence-electron chi connectivity index (χ2n) is 6.55. The molecule has 4 aromatic rings. The monoisotopic (exact) mass is 385 g/mol. The molecule has 0 amide bonds. The van der Waals surface area contributed by atoms with E-state index in [1.165, 1.54) is 10.6 Å². The molecule has 3 N–H and O–H groups in total. The van der Waals surface area contributed by atoms with Gasteiger partial charge in [-0.3, -0.25) is 0 Å². The smallest absolute Gasteiger partial charge is 0.341 e. The molecule has 0 fully saturated rings. The molecule has 7 nitrogen and oxygen atoms in total. The third-order valence-electron chi connectivity index (χ3n) is 4.65. The third kappa shape index (κ3) is 2.63. The molecular weight excluding hydrogens is 368 g/mol. The molecule has 28 heavy (non-hydrogen) atoms. The molecule has 0 aliphatic heterocycles. The lowest BCUT2D eigenvalue weighted by Gasteiger charge is -2.04. The fourth-order valence-corrected chi connectivity index (χ4v) is 3.20. The summed E-state index contributed by atoms with van der Waals surface area (Å²) in [5.74, 6) is -3.03. The average molecular weight is 385 g/mol. The second kappa shape index (κ2) is 6.38. The molecule has 1 atom stereocenters. The second-order valence-corrected chi connectivity index (χ2v) is 6.55. The molecule has 0 aliphatic rings. The summed E-state index contributed by atoms with van der Waals surface area (Å²) >= 11 is 0. The quantitative estimate of drug-likeness (QED) is 0.528. The van der Waals surface area contributed by atoms with Crippen LogP contribution in [0.2, 0.25) is 0 Å². The molecule has 0 saturated heterocycles. The number of carbonyl (C=O) groups excluding carboxylic acids is 1. The number of carbonyl (C=O) groups is 1. The fraction of sp³-hybridized carbons (Fsp3) is 0.211. The van der Waals surface area contributed by atoms with E-state index in [9.17, 15) is 13.6 Å². The number of halogens is 2. The number of esters is 1. The number of benzene rings is 1. The van der Waals surface area contributed by atoms with E-state index in [4.69, 9.17) is 5.73 Å². The van der Waals surface area contributed by atoms with Gasteiger partial charge in [-0.25, -0.2) is 23.5 Å². The van der Waals surface area contributed by atoms with Gasteiger partial charge < -0.3 is 20.0 Å². The number of imidazole rings is 1. The summed E-state index contributed by atoms with van der Waals surface area (Å²) in [5.41, 5.74) is 7.36. The van der Waals surface area contributed by atoms with Crippen molar-refractivity contribution >= 4 is 28.0 Å². The number of nitrogens with one attached hydrogen (secondary N) is 1. The number of pyridine rings is 1. The zero-order valence-corrected chi connectivity index (χ0v) is 15.4. The molecule has 0 bridgehead atoms. The molecule has 0 unspecified atom stereocenters. The van der Waals surface area contributed by atoms with Crippen LogP contribution >= 0.6 is 0 Å². The number of hydrogen-bond acceptors (Lipinski definition) is 5. The van der Waals surface area contributed by atoms with Crippen LogP contribution in [-0.4, -0.2) is 32.6 Å². The molecule has 3 aromatic heterocycles. The van der Waals surface area contributed by atoms with E-state index < -0.39 is 23.2 Å². The number of aryl methyl sites for hydroxylation is 1. The van der Waals surface area contributed by atoms with Gasteiger partial charge in [0.25, 0.3) is 0 Å². The minimum atomic E-state index is -1.27. The molecule has 0 radical (unpaired) electrons. The lowest BCUT2D eigenvalue weighted by molar-refractivity contribution is 0.0594. The largest absolute Gasteiger partial charge is 0.465 e. The Morgan fingerprint density at radius 2 is 2.00 bits per heavy atom. The van der Waals surface area contributed by atoms with Gasteiger partial charge in [-0.2, -0.15) is 0 Å². The van der Waals surface area contributed by atoms with Crippen LogP contribution < -0.4 is 5.73 Å². The van der Waals surface area contributed by atoms with Gasteiger partial charge in [0, 0.05) is 18.5 Å². The number of H-pyrrole nitrogens is 1. The predicted molar refractivity (Wildman–Crippen MR) is 99.7 cm³/mol. The van der Waals surface area contributed by atoms with Crippen LogP contribution in [0.25, 0.3) is 33.6 Å². The van der Waals surface area contributed by atoms with Gasteiger partial charge in [-0.05, 0) is 31.2 Å². The van der Waals surface area contributed by atoms with Crippen molar-refractivity contribution in [3.8, 4) is 11.5 Å². The Kier molecular flexibility index (Phi) is 4.11. The highest BCUT2D eigenvalue weighted by Crippen LogP contribution is 2.30. The highest BCUT2D eigenvalue weighted by Gasteiger charge is 2.24. The summed E-state index contributed by atoms with van der Waals surface area (Å²) in [6.45, 7) is 1.83. The third-order valence-corrected chi connectivity index (χ3v) is 4.65. The first kappa shape index (κ1) is 18.1. The molecule has 3 heterocycles. The topological polar surface area (TPSA) is 98.8 Å². The molecule has 4 rings (SSSR count). The molecule has 1 aromatic carbocycles. The van der Waals surface area contributed by atoms with Crippen LogP contribution in [0.4, 0.5) is 8.78 Å². The van der Waals surface area contributed by atoms with Gasteiger partial charge >= 0.3 is 5.97 Å². The number of rotatable bonds is 3. The van der Waals surface area contributed by atoms with Crippen LogP contribution in [0.1, 0.15) is 29.0 Å². The van der Waals surface area contributed by atoms with Crippen molar-refractivity contribution in [2.24, 2.45) is 12.8 Å². The number of hydrogen-bond donors (Lipinski definition) is 2. The first-order valence-electron chi connectivity index (χ1n) is 8.50. The van der Waals surface area contributed by atoms with Gasteiger partial charge in [0.1, 0.15) is 16.7 Å². The summed E-state index contributed by atoms with van der Waals surface area (Å²) in [7, 11) is 2.67. The number of fused-ring (bicyclic) bond motifs is 2. The SMILES string of the molecule is COC(=O)c1cc2nc(-c3cc4ccc([C@@H](C)N)nc4[nH]3)n(C)c2c(F)c1F. The van der Waals surface area contributed by atoms with Crippen molar-refractivity contribution in [1.29, 1.82) is 0 Å². The Morgan fingerprint density at radius 3 is 2.68 bits per heavy atom. The van der Waals surface area contributed by atoms with Crippen molar-refractivity contribution < 1.29 is 18.3 Å². The minimum Gasteiger partial charge on any atom is -0.465 e. The number of nitrogens with two attached hydrogens (primary N) is 1. The number of aromatic amines is 1. The average Bonchev–Trinajstić information content (AvgIpc) is 3.24. The van der Waals surface area contributed by atoms with E-state index >= 15 is 0 Å². The zero-order chi connectivity index (χ0) is 20.2. The Morgan fingerprint density at radius 1 is 1.25 bits per heavy atom. The van der Waals surface area contributed by atoms with Gasteiger partial charge in [0.15, 0.2) is 17.5 Å². The summed E-state index contributed by atoms with van der Waals surface area (Å²) in [6, 6.07) is 6.47. The van der Waals surface area contributed by atoms with E-state index in [-0.39, 0.29) is 17.1 Å². The Balaban J connectivity index is 1.92. The minimum absolute atomic E-state index is 0.0527. The van der Waals surface area contributed by atoms with Crippen molar-refractivity contribution in [2.45, 2.75) is 13.0 Å². The number of aromatic nitrogens is 4. The first-order valence-corrected chi connectivity index (χ1v) is 8.50. The molecule has 0 saturated carbocycles. The van der Waals surface area contributed by atoms with Gasteiger partial charge in [0.2, 0.25) is 0 Å². The Bertz CT molecular complexity index is 1240. The van der Waals surface area contributed by atoms with Crippen LogP contribution in [-0.2, 0) is 11.8 Å². The van der Waals surface area contributed by atoms with Crippen LogP contribution in [0.15, 0.2) is 24.3 Å². The van der Waals surface area contributed by atoms with E-state index in [2.05, 4.69) is 19.7 Å². The highest BCUT2D eigenvalue weighted by molar-refractivity contribution is 5.95. The van der Waals surface area contributed by atoms with E-state index in [0.717, 1.165) is 18.2 Å². The standard InChI is InChI=1S/C19H17F2N5O2/c1-8(22)11-5-4-9-6-13(24-17(9)23-11)18-25-12-7-10(19(27)28-3)14(20)15(21)16(12)26(18)2/h4-8H,22H2,1-3H3,(H,23,24)/t8-/m1/s1. The Labute approximate surface area is 158 Å². The number of nitrogens with zero attached hydrogens (tertiary/aromatic N) is 3. The summed E-state index contributed by atoms with van der Waals surface area (Å²) in [6.07, 6.45) is 0. The maximum Gasteiger partial charge on any atom is 0.341 e. The molecular formula is C19H17F2N5O2. The maximum atomic E-state index is 14.6. The predicted octanol–water partition coefficient (Wildman–Crippen LogP) is 3.20. The molecule has 0 spiro atoms. The summed E-state index contributed by atoms with van der Waals surface area (Å²) < 4.78 is 34.8. The van der Waals surface area contributed by atoms with Gasteiger partial charge in [-0.15, -0.1) is 0 Å². The highest BCUT2D eigenvalue weighted by atomic mass is 19.2. The van der Waals surface area contributed by atoms with Crippen LogP contribution in [0, 0.1) is 11.6 Å². The van der Waals surface area contributed by atoms with Crippen molar-refractivity contribution in [2.75, 3.05) is 7.11 Å². The normalized spacial score (nSPS) is 12.6.